The molecule has 0 aliphatic heterocycles. The van der Waals surface area contributed by atoms with Crippen LogP contribution in [0.2, 0.25) is 0 Å². The average Bonchev–Trinajstić information content (AvgIpc) is 2.80. The Balaban J connectivity index is 2.11. The van der Waals surface area contributed by atoms with E-state index in [1.54, 1.807) is 0 Å². The highest BCUT2D eigenvalue weighted by atomic mass is 16.3. The summed E-state index contributed by atoms with van der Waals surface area (Å²) in [4.78, 5) is 0. The summed E-state index contributed by atoms with van der Waals surface area (Å²) in [6.45, 7) is 8.40. The van der Waals surface area contributed by atoms with Gasteiger partial charge in [-0.05, 0) is 57.2 Å². The Morgan fingerprint density at radius 2 is 1.63 bits per heavy atom. The van der Waals surface area contributed by atoms with E-state index in [9.17, 15) is 5.11 Å². The maximum Gasteiger partial charge on any atom is 0.0945 e. The van der Waals surface area contributed by atoms with E-state index in [1.807, 2.05) is 0 Å². The van der Waals surface area contributed by atoms with E-state index in [1.165, 1.54) is 42.4 Å². The van der Waals surface area contributed by atoms with Crippen molar-refractivity contribution in [3.05, 3.63) is 34.4 Å². The summed E-state index contributed by atoms with van der Waals surface area (Å²) < 4.78 is 0. The van der Waals surface area contributed by atoms with Crippen LogP contribution in [-0.4, -0.2) is 17.2 Å². The Morgan fingerprint density at radius 1 is 1.11 bits per heavy atom. The molecule has 0 bridgehead atoms. The third kappa shape index (κ3) is 3.37. The Hall–Kier alpha value is -0.860. The minimum absolute atomic E-state index is 0.114. The number of hydrogen-bond acceptors (Lipinski definition) is 2. The summed E-state index contributed by atoms with van der Waals surface area (Å²) in [6.07, 6.45) is 4.74. The van der Waals surface area contributed by atoms with Gasteiger partial charge in [0.1, 0.15) is 0 Å². The van der Waals surface area contributed by atoms with Crippen LogP contribution in [0.5, 0.6) is 0 Å². The SMILES string of the molecule is Cc1cc(C)c(C(O)C(C)NC2CCCC2)c(C)c1. The summed E-state index contributed by atoms with van der Waals surface area (Å²) in [6, 6.07) is 5.03. The third-order valence-electron chi connectivity index (χ3n) is 4.36. The van der Waals surface area contributed by atoms with Gasteiger partial charge in [0.2, 0.25) is 0 Å². The van der Waals surface area contributed by atoms with Crippen LogP contribution in [0.1, 0.15) is 61.0 Å². The molecule has 2 heteroatoms. The van der Waals surface area contributed by atoms with Crippen molar-refractivity contribution in [1.82, 2.24) is 5.32 Å². The first-order valence-corrected chi connectivity index (χ1v) is 7.51. The van der Waals surface area contributed by atoms with Gasteiger partial charge in [-0.1, -0.05) is 30.5 Å². The fourth-order valence-corrected chi connectivity index (χ4v) is 3.46. The molecule has 0 heterocycles. The van der Waals surface area contributed by atoms with Crippen molar-refractivity contribution < 1.29 is 5.11 Å². The highest BCUT2D eigenvalue weighted by Gasteiger charge is 2.24. The van der Waals surface area contributed by atoms with E-state index < -0.39 is 6.10 Å². The second-order valence-corrected chi connectivity index (χ2v) is 6.19. The lowest BCUT2D eigenvalue weighted by Gasteiger charge is -2.27. The van der Waals surface area contributed by atoms with Gasteiger partial charge in [-0.15, -0.1) is 0 Å². The Morgan fingerprint density at radius 3 is 2.16 bits per heavy atom. The van der Waals surface area contributed by atoms with Gasteiger partial charge in [-0.2, -0.15) is 0 Å². The molecule has 2 rings (SSSR count). The second-order valence-electron chi connectivity index (χ2n) is 6.19. The molecule has 19 heavy (non-hydrogen) atoms. The smallest absolute Gasteiger partial charge is 0.0945 e. The zero-order chi connectivity index (χ0) is 14.0. The van der Waals surface area contributed by atoms with Gasteiger partial charge < -0.3 is 10.4 Å². The number of rotatable bonds is 4. The highest BCUT2D eigenvalue weighted by Crippen LogP contribution is 2.27. The Bertz CT molecular complexity index is 412. The highest BCUT2D eigenvalue weighted by molar-refractivity contribution is 5.39. The lowest BCUT2D eigenvalue weighted by molar-refractivity contribution is 0.128. The van der Waals surface area contributed by atoms with Crippen molar-refractivity contribution in [3.63, 3.8) is 0 Å². The molecule has 0 saturated heterocycles. The summed E-state index contributed by atoms with van der Waals surface area (Å²) in [5.74, 6) is 0. The summed E-state index contributed by atoms with van der Waals surface area (Å²) in [5.41, 5.74) is 4.76. The van der Waals surface area contributed by atoms with E-state index in [4.69, 9.17) is 0 Å². The van der Waals surface area contributed by atoms with Gasteiger partial charge in [-0.3, -0.25) is 0 Å². The van der Waals surface area contributed by atoms with Crippen LogP contribution in [0, 0.1) is 20.8 Å². The van der Waals surface area contributed by atoms with Crippen LogP contribution in [0.4, 0.5) is 0 Å². The number of aryl methyl sites for hydroxylation is 3. The standard InChI is InChI=1S/C17H27NO/c1-11-9-12(2)16(13(3)10-11)17(19)14(4)18-15-7-5-6-8-15/h9-10,14-15,17-19H,5-8H2,1-4H3. The molecule has 2 N–H and O–H groups in total. The van der Waals surface area contributed by atoms with Crippen LogP contribution in [0.3, 0.4) is 0 Å². The largest absolute Gasteiger partial charge is 0.387 e. The first kappa shape index (κ1) is 14.5. The number of nitrogens with one attached hydrogen (secondary N) is 1. The fourth-order valence-electron chi connectivity index (χ4n) is 3.46. The summed E-state index contributed by atoms with van der Waals surface area (Å²) in [5, 5.41) is 14.2. The number of aliphatic hydroxyl groups is 1. The Labute approximate surface area is 117 Å². The summed E-state index contributed by atoms with van der Waals surface area (Å²) in [7, 11) is 0. The second kappa shape index (κ2) is 6.06. The number of aliphatic hydroxyl groups excluding tert-OH is 1. The fraction of sp³-hybridized carbons (Fsp3) is 0.647. The van der Waals surface area contributed by atoms with Crippen molar-refractivity contribution in [3.8, 4) is 0 Å². The maximum absolute atomic E-state index is 10.6. The van der Waals surface area contributed by atoms with Crippen LogP contribution >= 0.6 is 0 Å². The van der Waals surface area contributed by atoms with Gasteiger partial charge in [0.25, 0.3) is 0 Å². The predicted molar refractivity (Wildman–Crippen MR) is 80.5 cm³/mol. The predicted octanol–water partition coefficient (Wildman–Crippen LogP) is 3.57. The molecule has 2 atom stereocenters. The van der Waals surface area contributed by atoms with Crippen molar-refractivity contribution in [2.45, 2.75) is 71.6 Å². The molecule has 1 fully saturated rings. The van der Waals surface area contributed by atoms with Crippen LogP contribution in [-0.2, 0) is 0 Å². The third-order valence-corrected chi connectivity index (χ3v) is 4.36. The Kier molecular flexibility index (Phi) is 4.64. The number of hydrogen-bond donors (Lipinski definition) is 2. The van der Waals surface area contributed by atoms with Crippen LogP contribution < -0.4 is 5.32 Å². The minimum atomic E-state index is -0.416. The van der Waals surface area contributed by atoms with E-state index in [2.05, 4.69) is 45.1 Å². The zero-order valence-corrected chi connectivity index (χ0v) is 12.7. The lowest BCUT2D eigenvalue weighted by atomic mass is 9.92. The molecule has 0 radical (unpaired) electrons. The van der Waals surface area contributed by atoms with Gasteiger partial charge in [-0.25, -0.2) is 0 Å². The van der Waals surface area contributed by atoms with Gasteiger partial charge >= 0.3 is 0 Å². The molecule has 2 unspecified atom stereocenters. The average molecular weight is 261 g/mol. The topological polar surface area (TPSA) is 32.3 Å². The molecular formula is C17H27NO. The molecule has 1 saturated carbocycles. The zero-order valence-electron chi connectivity index (χ0n) is 12.7. The quantitative estimate of drug-likeness (QED) is 0.868. The van der Waals surface area contributed by atoms with E-state index in [0.717, 1.165) is 5.56 Å². The van der Waals surface area contributed by atoms with Crippen molar-refractivity contribution >= 4 is 0 Å². The maximum atomic E-state index is 10.6. The molecule has 2 nitrogen and oxygen atoms in total. The number of benzene rings is 1. The van der Waals surface area contributed by atoms with Crippen molar-refractivity contribution in [1.29, 1.82) is 0 Å². The van der Waals surface area contributed by atoms with Gasteiger partial charge in [0.05, 0.1) is 6.10 Å². The molecule has 1 aromatic rings. The first-order valence-electron chi connectivity index (χ1n) is 7.51. The lowest BCUT2D eigenvalue weighted by Crippen LogP contribution is -2.39. The molecule has 0 spiro atoms. The molecule has 0 aromatic heterocycles. The normalized spacial score (nSPS) is 19.6. The van der Waals surface area contributed by atoms with Crippen molar-refractivity contribution in [2.75, 3.05) is 0 Å². The molecule has 1 aliphatic carbocycles. The molecule has 106 valence electrons. The van der Waals surface area contributed by atoms with E-state index in [-0.39, 0.29) is 6.04 Å². The monoisotopic (exact) mass is 261 g/mol. The minimum Gasteiger partial charge on any atom is -0.387 e. The van der Waals surface area contributed by atoms with Crippen molar-refractivity contribution in [2.24, 2.45) is 0 Å². The van der Waals surface area contributed by atoms with E-state index in [0.29, 0.717) is 6.04 Å². The van der Waals surface area contributed by atoms with Gasteiger partial charge in [0, 0.05) is 12.1 Å². The first-order chi connectivity index (χ1) is 8.99. The molecular weight excluding hydrogens is 234 g/mol. The molecule has 1 aromatic carbocycles. The van der Waals surface area contributed by atoms with Crippen LogP contribution in [0.15, 0.2) is 12.1 Å². The summed E-state index contributed by atoms with van der Waals surface area (Å²) >= 11 is 0. The molecule has 1 aliphatic rings. The molecule has 0 amide bonds. The van der Waals surface area contributed by atoms with Gasteiger partial charge in [0.15, 0.2) is 0 Å². The van der Waals surface area contributed by atoms with E-state index >= 15 is 0 Å². The van der Waals surface area contributed by atoms with Crippen LogP contribution in [0.25, 0.3) is 0 Å².